The van der Waals surface area contributed by atoms with Crippen molar-refractivity contribution < 1.29 is 9.59 Å². The van der Waals surface area contributed by atoms with Crippen LogP contribution in [0, 0.1) is 13.8 Å². The van der Waals surface area contributed by atoms with Crippen molar-refractivity contribution in [2.75, 3.05) is 0 Å². The van der Waals surface area contributed by atoms with Gasteiger partial charge in [-0.25, -0.2) is 0 Å². The molecule has 1 aromatic carbocycles. The molecule has 0 unspecified atom stereocenters. The van der Waals surface area contributed by atoms with Crippen molar-refractivity contribution in [2.24, 2.45) is 0 Å². The van der Waals surface area contributed by atoms with Crippen molar-refractivity contribution >= 4 is 23.0 Å². The first kappa shape index (κ1) is 9.65. The molecular weight excluding hydrogens is 190 g/mol. The van der Waals surface area contributed by atoms with E-state index in [9.17, 15) is 9.59 Å². The molecule has 0 radical (unpaired) electrons. The number of rotatable bonds is 2. The number of benzene rings is 1. The van der Waals surface area contributed by atoms with Crippen molar-refractivity contribution in [3.05, 3.63) is 35.0 Å². The summed E-state index contributed by atoms with van der Waals surface area (Å²) in [6, 6.07) is 3.91. The van der Waals surface area contributed by atoms with Gasteiger partial charge in [0, 0.05) is 17.1 Å². The second-order valence-corrected chi connectivity index (χ2v) is 3.67. The minimum absolute atomic E-state index is 0.345. The van der Waals surface area contributed by atoms with E-state index in [1.54, 1.807) is 6.20 Å². The number of nitrogens with one attached hydrogen (secondary N) is 1. The van der Waals surface area contributed by atoms with Gasteiger partial charge in [-0.3, -0.25) is 9.59 Å². The van der Waals surface area contributed by atoms with Crippen molar-refractivity contribution in [3.63, 3.8) is 0 Å². The van der Waals surface area contributed by atoms with Gasteiger partial charge in [0.25, 0.3) is 0 Å². The van der Waals surface area contributed by atoms with Crippen LogP contribution in [0.25, 0.3) is 10.9 Å². The number of hydrogen-bond donors (Lipinski definition) is 1. The maximum Gasteiger partial charge on any atom is 0.227 e. The molecule has 0 spiro atoms. The third-order valence-corrected chi connectivity index (χ3v) is 2.67. The van der Waals surface area contributed by atoms with Crippen molar-refractivity contribution in [1.29, 1.82) is 0 Å². The average Bonchev–Trinajstić information content (AvgIpc) is 2.61. The van der Waals surface area contributed by atoms with Crippen LogP contribution in [0.4, 0.5) is 0 Å². The minimum atomic E-state index is -0.482. The number of aromatic nitrogens is 1. The van der Waals surface area contributed by atoms with Crippen LogP contribution in [0.15, 0.2) is 18.3 Å². The van der Waals surface area contributed by atoms with Crippen molar-refractivity contribution in [2.45, 2.75) is 13.8 Å². The van der Waals surface area contributed by atoms with E-state index in [2.05, 4.69) is 4.98 Å². The SMILES string of the molecule is Cc1cc2[nH]cc(C(=O)C=O)c2cc1C. The van der Waals surface area contributed by atoms with E-state index in [0.717, 1.165) is 22.0 Å². The van der Waals surface area contributed by atoms with Gasteiger partial charge in [-0.15, -0.1) is 0 Å². The summed E-state index contributed by atoms with van der Waals surface area (Å²) in [5.41, 5.74) is 3.61. The molecule has 3 heteroatoms. The molecule has 1 aromatic heterocycles. The van der Waals surface area contributed by atoms with Crippen LogP contribution < -0.4 is 0 Å². The normalized spacial score (nSPS) is 10.5. The van der Waals surface area contributed by atoms with Crippen LogP contribution in [-0.2, 0) is 4.79 Å². The first-order valence-electron chi connectivity index (χ1n) is 4.71. The Kier molecular flexibility index (Phi) is 2.15. The predicted octanol–water partition coefficient (Wildman–Crippen LogP) is 2.17. The van der Waals surface area contributed by atoms with Crippen LogP contribution in [0.5, 0.6) is 0 Å². The molecule has 0 atom stereocenters. The zero-order valence-corrected chi connectivity index (χ0v) is 8.63. The lowest BCUT2D eigenvalue weighted by atomic mass is 10.0. The van der Waals surface area contributed by atoms with E-state index in [-0.39, 0.29) is 0 Å². The van der Waals surface area contributed by atoms with Gasteiger partial charge in [-0.2, -0.15) is 0 Å². The summed E-state index contributed by atoms with van der Waals surface area (Å²) < 4.78 is 0. The fourth-order valence-electron chi connectivity index (χ4n) is 1.65. The predicted molar refractivity (Wildman–Crippen MR) is 58.2 cm³/mol. The molecule has 0 aliphatic rings. The Hall–Kier alpha value is -1.90. The number of carbonyl (C=O) groups excluding carboxylic acids is 2. The molecule has 0 aliphatic heterocycles. The van der Waals surface area contributed by atoms with E-state index in [1.807, 2.05) is 26.0 Å². The van der Waals surface area contributed by atoms with Gasteiger partial charge < -0.3 is 4.98 Å². The van der Waals surface area contributed by atoms with Crippen LogP contribution in [0.2, 0.25) is 0 Å². The first-order valence-corrected chi connectivity index (χ1v) is 4.71. The summed E-state index contributed by atoms with van der Waals surface area (Å²) in [7, 11) is 0. The Morgan fingerprint density at radius 3 is 2.60 bits per heavy atom. The highest BCUT2D eigenvalue weighted by Crippen LogP contribution is 2.22. The fraction of sp³-hybridized carbons (Fsp3) is 0.167. The number of H-pyrrole nitrogens is 1. The second-order valence-electron chi connectivity index (χ2n) is 3.67. The third kappa shape index (κ3) is 1.46. The number of hydrogen-bond acceptors (Lipinski definition) is 2. The summed E-state index contributed by atoms with van der Waals surface area (Å²) in [6.07, 6.45) is 1.93. The number of carbonyl (C=O) groups is 2. The Balaban J connectivity index is 2.74. The molecule has 0 saturated carbocycles. The van der Waals surface area contributed by atoms with Gasteiger partial charge in [-0.1, -0.05) is 0 Å². The monoisotopic (exact) mass is 201 g/mol. The zero-order valence-electron chi connectivity index (χ0n) is 8.63. The molecule has 0 bridgehead atoms. The quantitative estimate of drug-likeness (QED) is 0.460. The summed E-state index contributed by atoms with van der Waals surface area (Å²) in [6.45, 7) is 3.99. The Morgan fingerprint density at radius 1 is 1.27 bits per heavy atom. The largest absolute Gasteiger partial charge is 0.360 e. The molecule has 3 nitrogen and oxygen atoms in total. The number of Topliss-reactive ketones (excluding diaryl/α,β-unsaturated/α-hetero) is 1. The smallest absolute Gasteiger partial charge is 0.227 e. The molecule has 2 aromatic rings. The van der Waals surface area contributed by atoms with Crippen LogP contribution in [-0.4, -0.2) is 17.1 Å². The summed E-state index contributed by atoms with van der Waals surface area (Å²) >= 11 is 0. The highest BCUT2D eigenvalue weighted by molar-refractivity contribution is 6.36. The zero-order chi connectivity index (χ0) is 11.0. The maximum absolute atomic E-state index is 11.3. The molecule has 1 N–H and O–H groups in total. The van der Waals surface area contributed by atoms with E-state index in [0.29, 0.717) is 11.8 Å². The molecule has 0 aliphatic carbocycles. The third-order valence-electron chi connectivity index (χ3n) is 2.67. The van der Waals surface area contributed by atoms with Crippen molar-refractivity contribution in [3.8, 4) is 0 Å². The van der Waals surface area contributed by atoms with Crippen LogP contribution in [0.3, 0.4) is 0 Å². The van der Waals surface area contributed by atoms with Gasteiger partial charge in [0.15, 0.2) is 6.29 Å². The molecule has 0 fully saturated rings. The maximum atomic E-state index is 11.3. The summed E-state index contributed by atoms with van der Waals surface area (Å²) in [5, 5.41) is 0.815. The van der Waals surface area contributed by atoms with Crippen LogP contribution in [0.1, 0.15) is 21.5 Å². The lowest BCUT2D eigenvalue weighted by Crippen LogP contribution is -1.98. The fourth-order valence-corrected chi connectivity index (χ4v) is 1.65. The molecule has 2 rings (SSSR count). The second kappa shape index (κ2) is 3.35. The van der Waals surface area contributed by atoms with E-state index in [4.69, 9.17) is 0 Å². The van der Waals surface area contributed by atoms with Gasteiger partial charge in [0.2, 0.25) is 5.78 Å². The number of fused-ring (bicyclic) bond motifs is 1. The Bertz CT molecular complexity index is 552. The average molecular weight is 201 g/mol. The molecule has 76 valence electrons. The number of ketones is 1. The van der Waals surface area contributed by atoms with Gasteiger partial charge >= 0.3 is 0 Å². The molecule has 1 heterocycles. The Labute approximate surface area is 87.1 Å². The van der Waals surface area contributed by atoms with Gasteiger partial charge in [0.1, 0.15) is 0 Å². The van der Waals surface area contributed by atoms with E-state index in [1.165, 1.54) is 0 Å². The van der Waals surface area contributed by atoms with E-state index >= 15 is 0 Å². The van der Waals surface area contributed by atoms with E-state index < -0.39 is 5.78 Å². The lowest BCUT2D eigenvalue weighted by Gasteiger charge is -2.00. The molecular formula is C12H11NO2. The van der Waals surface area contributed by atoms with Crippen molar-refractivity contribution in [1.82, 2.24) is 4.98 Å². The minimum Gasteiger partial charge on any atom is -0.360 e. The number of aromatic amines is 1. The summed E-state index contributed by atoms with van der Waals surface area (Å²) in [5.74, 6) is -0.482. The highest BCUT2D eigenvalue weighted by Gasteiger charge is 2.11. The Morgan fingerprint density at radius 2 is 1.93 bits per heavy atom. The molecule has 0 saturated heterocycles. The van der Waals surface area contributed by atoms with Gasteiger partial charge in [-0.05, 0) is 37.1 Å². The topological polar surface area (TPSA) is 49.9 Å². The summed E-state index contributed by atoms with van der Waals surface area (Å²) in [4.78, 5) is 24.7. The number of aryl methyl sites for hydroxylation is 2. The molecule has 15 heavy (non-hydrogen) atoms. The lowest BCUT2D eigenvalue weighted by molar-refractivity contribution is -0.104. The molecule has 0 amide bonds. The van der Waals surface area contributed by atoms with Crippen LogP contribution >= 0.6 is 0 Å². The highest BCUT2D eigenvalue weighted by atomic mass is 16.2. The van der Waals surface area contributed by atoms with Gasteiger partial charge in [0.05, 0.1) is 5.56 Å². The first-order chi connectivity index (χ1) is 7.13. The standard InChI is InChI=1S/C12H11NO2/c1-7-3-9-10(12(15)6-14)5-13-11(9)4-8(7)2/h3-6,13H,1-2H3. The number of aldehydes is 1.